The van der Waals surface area contributed by atoms with E-state index in [1.54, 1.807) is 25.2 Å². The van der Waals surface area contributed by atoms with Crippen molar-refractivity contribution in [3.8, 4) is 5.75 Å². The Morgan fingerprint density at radius 2 is 1.56 bits per heavy atom. The summed E-state index contributed by atoms with van der Waals surface area (Å²) >= 11 is 0. The van der Waals surface area contributed by atoms with Gasteiger partial charge in [-0.15, -0.1) is 0 Å². The average Bonchev–Trinajstić information content (AvgIpc) is 2.96. The van der Waals surface area contributed by atoms with Gasteiger partial charge in [0.1, 0.15) is 17.8 Å². The number of hydrogen-bond acceptors (Lipinski definition) is 6. The molecule has 0 saturated carbocycles. The van der Waals surface area contributed by atoms with Crippen molar-refractivity contribution in [2.75, 3.05) is 17.7 Å². The van der Waals surface area contributed by atoms with Crippen LogP contribution >= 0.6 is 7.82 Å². The van der Waals surface area contributed by atoms with E-state index in [4.69, 9.17) is 16.4 Å². The summed E-state index contributed by atoms with van der Waals surface area (Å²) in [5.74, 6) is -1.61. The van der Waals surface area contributed by atoms with Crippen LogP contribution in [0.1, 0.15) is 36.2 Å². The molecule has 3 aromatic carbocycles. The van der Waals surface area contributed by atoms with Gasteiger partial charge in [-0.1, -0.05) is 56.3 Å². The van der Waals surface area contributed by atoms with E-state index < -0.39 is 37.6 Å². The Bertz CT molecular complexity index is 1520. The van der Waals surface area contributed by atoms with Crippen LogP contribution in [0.5, 0.6) is 5.75 Å². The lowest BCUT2D eigenvalue weighted by atomic mass is 10.0. The first-order valence-corrected chi connectivity index (χ1v) is 14.9. The molecule has 3 amide bonds. The van der Waals surface area contributed by atoms with Crippen molar-refractivity contribution in [1.82, 2.24) is 10.6 Å². The van der Waals surface area contributed by atoms with Crippen molar-refractivity contribution in [2.45, 2.75) is 38.8 Å². The van der Waals surface area contributed by atoms with E-state index in [9.17, 15) is 18.9 Å². The Morgan fingerprint density at radius 1 is 0.907 bits per heavy atom. The molecule has 0 fully saturated rings. The number of benzene rings is 3. The van der Waals surface area contributed by atoms with E-state index in [0.29, 0.717) is 23.4 Å². The number of rotatable bonds is 13. The monoisotopic (exact) mass is 607 g/mol. The summed E-state index contributed by atoms with van der Waals surface area (Å²) < 4.78 is 15.7. The topological polar surface area (TPSA) is 170 Å². The van der Waals surface area contributed by atoms with E-state index in [2.05, 4.69) is 30.6 Å². The summed E-state index contributed by atoms with van der Waals surface area (Å²) in [4.78, 5) is 61.4. The number of carbonyl (C=O) groups excluding carboxylic acids is 3. The molecule has 0 spiro atoms. The number of amides is 3. The molecule has 0 aliphatic carbocycles. The largest absolute Gasteiger partial charge is 0.524 e. The van der Waals surface area contributed by atoms with E-state index in [1.165, 1.54) is 48.5 Å². The van der Waals surface area contributed by atoms with Crippen LogP contribution in [-0.4, -0.2) is 46.6 Å². The lowest BCUT2D eigenvalue weighted by Crippen LogP contribution is -2.53. The maximum Gasteiger partial charge on any atom is 0.524 e. The Labute approximate surface area is 249 Å². The highest BCUT2D eigenvalue weighted by Crippen LogP contribution is 2.37. The molecule has 2 atom stereocenters. The molecule has 2 unspecified atom stereocenters. The van der Waals surface area contributed by atoms with Gasteiger partial charge in [-0.3, -0.25) is 24.2 Å². The van der Waals surface area contributed by atoms with Gasteiger partial charge in [-0.2, -0.15) is 0 Å². The normalized spacial score (nSPS) is 12.4. The van der Waals surface area contributed by atoms with Gasteiger partial charge >= 0.3 is 7.82 Å². The molecule has 3 rings (SSSR count). The molecule has 12 nitrogen and oxygen atoms in total. The van der Waals surface area contributed by atoms with Gasteiger partial charge in [0, 0.05) is 30.4 Å². The molecule has 0 radical (unpaired) electrons. The molecule has 226 valence electrons. The lowest BCUT2D eigenvalue weighted by molar-refractivity contribution is -0.128. The summed E-state index contributed by atoms with van der Waals surface area (Å²) in [6, 6.07) is 16.7. The third kappa shape index (κ3) is 10.6. The number of nitrogens with zero attached hydrogens (tertiary/aromatic N) is 1. The fourth-order valence-corrected chi connectivity index (χ4v) is 4.55. The highest BCUT2D eigenvalue weighted by Gasteiger charge is 2.28. The lowest BCUT2D eigenvalue weighted by Gasteiger charge is -2.24. The predicted octanol–water partition coefficient (Wildman–Crippen LogP) is 4.26. The van der Waals surface area contributed by atoms with Crippen LogP contribution in [0.3, 0.4) is 0 Å². The molecule has 0 heterocycles. The molecule has 0 saturated heterocycles. The van der Waals surface area contributed by atoms with Gasteiger partial charge in [0.05, 0.1) is 6.57 Å². The Kier molecular flexibility index (Phi) is 11.4. The molecule has 6 N–H and O–H groups in total. The third-order valence-corrected chi connectivity index (χ3v) is 6.68. The SMILES string of the molecule is [C-]#[N+]c1ccc(C(=O)NC(Cc2ccc(OP(=O)(O)O)cc2)C(=O)NC(CC(C)C)C(=O)Nc2cccc(NC)c2)cc1. The number of phosphoric ester groups is 1. The zero-order valence-electron chi connectivity index (χ0n) is 23.9. The van der Waals surface area contributed by atoms with Gasteiger partial charge in [-0.05, 0) is 48.2 Å². The summed E-state index contributed by atoms with van der Waals surface area (Å²) in [6.45, 7) is 10.9. The molecule has 43 heavy (non-hydrogen) atoms. The van der Waals surface area contributed by atoms with Crippen LogP contribution in [-0.2, 0) is 20.6 Å². The van der Waals surface area contributed by atoms with Crippen molar-refractivity contribution in [1.29, 1.82) is 0 Å². The minimum Gasteiger partial charge on any atom is -0.404 e. The molecule has 0 aliphatic heterocycles. The fraction of sp³-hybridized carbons (Fsp3) is 0.267. The minimum atomic E-state index is -4.75. The van der Waals surface area contributed by atoms with Gasteiger partial charge in [0.15, 0.2) is 5.69 Å². The van der Waals surface area contributed by atoms with Crippen molar-refractivity contribution in [3.05, 3.63) is 95.3 Å². The third-order valence-electron chi connectivity index (χ3n) is 6.23. The van der Waals surface area contributed by atoms with Crippen LogP contribution in [0.4, 0.5) is 17.1 Å². The van der Waals surface area contributed by atoms with Gasteiger partial charge in [0.2, 0.25) is 11.8 Å². The van der Waals surface area contributed by atoms with E-state index in [0.717, 1.165) is 5.69 Å². The van der Waals surface area contributed by atoms with Gasteiger partial charge in [-0.25, -0.2) is 9.41 Å². The first-order chi connectivity index (χ1) is 20.4. The van der Waals surface area contributed by atoms with Crippen molar-refractivity contribution in [2.24, 2.45) is 5.92 Å². The number of nitrogens with one attached hydrogen (secondary N) is 4. The molecular weight excluding hydrogens is 573 g/mol. The Morgan fingerprint density at radius 3 is 2.14 bits per heavy atom. The van der Waals surface area contributed by atoms with E-state index in [-0.39, 0.29) is 23.7 Å². The average molecular weight is 608 g/mol. The summed E-state index contributed by atoms with van der Waals surface area (Å²) in [7, 11) is -2.99. The van der Waals surface area contributed by atoms with Gasteiger partial charge < -0.3 is 25.8 Å². The maximum atomic E-state index is 13.6. The molecule has 0 bridgehead atoms. The Hall–Kier alpha value is -4.69. The van der Waals surface area contributed by atoms with E-state index in [1.807, 2.05) is 19.9 Å². The second-order valence-corrected chi connectivity index (χ2v) is 11.3. The molecule has 0 aromatic heterocycles. The smallest absolute Gasteiger partial charge is 0.404 e. The number of hydrogen-bond donors (Lipinski definition) is 6. The van der Waals surface area contributed by atoms with Crippen molar-refractivity contribution < 1.29 is 33.3 Å². The minimum absolute atomic E-state index is 0.00582. The van der Waals surface area contributed by atoms with Crippen molar-refractivity contribution in [3.63, 3.8) is 0 Å². The standard InChI is InChI=1S/C30H34N5O7P/c1-19(2)16-26(29(37)33-24-7-5-6-23(18-24)32-4)35-30(38)27(34-28(36)21-10-12-22(31-3)13-11-21)17-20-8-14-25(15-9-20)42-43(39,40)41/h5-15,18-19,26-27,32H,16-17H2,1-2,4H3,(H,33,37)(H,34,36)(H,35,38)(H2,39,40,41). The van der Waals surface area contributed by atoms with Crippen LogP contribution in [0.25, 0.3) is 4.85 Å². The molecule has 0 aliphatic rings. The van der Waals surface area contributed by atoms with Crippen LogP contribution in [0.2, 0.25) is 0 Å². The van der Waals surface area contributed by atoms with Crippen LogP contribution in [0.15, 0.2) is 72.8 Å². The van der Waals surface area contributed by atoms with Crippen LogP contribution < -0.4 is 25.8 Å². The summed E-state index contributed by atoms with van der Waals surface area (Å²) in [5, 5.41) is 11.3. The maximum absolute atomic E-state index is 13.6. The van der Waals surface area contributed by atoms with E-state index >= 15 is 0 Å². The zero-order chi connectivity index (χ0) is 31.6. The first-order valence-electron chi connectivity index (χ1n) is 13.4. The van der Waals surface area contributed by atoms with Crippen LogP contribution in [0, 0.1) is 12.5 Å². The second-order valence-electron chi connectivity index (χ2n) is 10.1. The Balaban J connectivity index is 1.84. The highest BCUT2D eigenvalue weighted by molar-refractivity contribution is 7.46. The second kappa shape index (κ2) is 15.0. The molecular formula is C30H34N5O7P. The number of phosphoric acid groups is 1. The molecule has 3 aromatic rings. The number of anilines is 2. The predicted molar refractivity (Wildman–Crippen MR) is 163 cm³/mol. The van der Waals surface area contributed by atoms with Gasteiger partial charge in [0.25, 0.3) is 5.91 Å². The molecule has 13 heteroatoms. The fourth-order valence-electron chi connectivity index (χ4n) is 4.15. The zero-order valence-corrected chi connectivity index (χ0v) is 24.8. The van der Waals surface area contributed by atoms with Crippen molar-refractivity contribution >= 4 is 42.6 Å². The first kappa shape index (κ1) is 32.8. The quantitative estimate of drug-likeness (QED) is 0.124. The summed E-state index contributed by atoms with van der Waals surface area (Å²) in [6.07, 6.45) is 0.324. The summed E-state index contributed by atoms with van der Waals surface area (Å²) in [5.41, 5.74) is 2.48. The number of carbonyl (C=O) groups is 3. The highest BCUT2D eigenvalue weighted by atomic mass is 31.2.